The molecule has 0 N–H and O–H groups in total. The lowest BCUT2D eigenvalue weighted by molar-refractivity contribution is 0.355. The minimum atomic E-state index is -3.39. The first kappa shape index (κ1) is 15.4. The van der Waals surface area contributed by atoms with Gasteiger partial charge in [0.1, 0.15) is 4.21 Å². The Balaban J connectivity index is 3.00. The molecule has 0 saturated heterocycles. The Morgan fingerprint density at radius 3 is 2.53 bits per heavy atom. The van der Waals surface area contributed by atoms with E-state index in [2.05, 4.69) is 15.9 Å². The van der Waals surface area contributed by atoms with Crippen molar-refractivity contribution in [3.05, 3.63) is 15.9 Å². The van der Waals surface area contributed by atoms with Crippen molar-refractivity contribution >= 4 is 48.9 Å². The Morgan fingerprint density at radius 1 is 1.47 bits per heavy atom. The molecule has 0 bridgehead atoms. The second-order valence-corrected chi connectivity index (χ2v) is 8.77. The van der Waals surface area contributed by atoms with Crippen LogP contribution in [0, 0.1) is 0 Å². The highest BCUT2D eigenvalue weighted by Crippen LogP contribution is 2.29. The van der Waals surface area contributed by atoms with Gasteiger partial charge in [-0.25, -0.2) is 8.42 Å². The zero-order valence-corrected chi connectivity index (χ0v) is 13.7. The largest absolute Gasteiger partial charge is 0.252 e. The summed E-state index contributed by atoms with van der Waals surface area (Å²) in [6.45, 7) is 4.20. The van der Waals surface area contributed by atoms with Gasteiger partial charge in [-0.05, 0) is 48.3 Å². The molecule has 1 heterocycles. The maximum Gasteiger partial charge on any atom is 0.252 e. The van der Waals surface area contributed by atoms with Gasteiger partial charge in [0.15, 0.2) is 0 Å². The molecule has 0 fully saturated rings. The van der Waals surface area contributed by atoms with E-state index in [1.54, 1.807) is 12.1 Å². The third-order valence-corrected chi connectivity index (χ3v) is 6.63. The van der Waals surface area contributed by atoms with Crippen LogP contribution in [-0.4, -0.2) is 31.2 Å². The minimum absolute atomic E-state index is 0.0657. The van der Waals surface area contributed by atoms with E-state index in [1.165, 1.54) is 15.6 Å². The smallest absolute Gasteiger partial charge is 0.206 e. The molecule has 0 aliphatic carbocycles. The molecule has 17 heavy (non-hydrogen) atoms. The number of sulfonamides is 1. The number of rotatable bonds is 6. The Hall–Kier alpha value is 0.380. The molecule has 0 aliphatic rings. The summed E-state index contributed by atoms with van der Waals surface area (Å²) in [5.74, 6) is 0.465. The van der Waals surface area contributed by atoms with Crippen LogP contribution in [-0.2, 0) is 10.0 Å². The van der Waals surface area contributed by atoms with E-state index in [1.807, 2.05) is 13.8 Å². The van der Waals surface area contributed by atoms with Crippen LogP contribution in [0.2, 0.25) is 0 Å². The molecule has 3 nitrogen and oxygen atoms in total. The van der Waals surface area contributed by atoms with Gasteiger partial charge in [0.25, 0.3) is 10.0 Å². The van der Waals surface area contributed by atoms with Gasteiger partial charge in [0.05, 0.1) is 3.79 Å². The van der Waals surface area contributed by atoms with Gasteiger partial charge in [-0.15, -0.1) is 22.9 Å². The molecule has 0 aromatic carbocycles. The second-order valence-electron chi connectivity index (χ2n) is 3.81. The van der Waals surface area contributed by atoms with E-state index < -0.39 is 10.0 Å². The van der Waals surface area contributed by atoms with Crippen LogP contribution in [0.5, 0.6) is 0 Å². The fourth-order valence-electron chi connectivity index (χ4n) is 1.42. The summed E-state index contributed by atoms with van der Waals surface area (Å²) in [7, 11) is -3.39. The molecule has 98 valence electrons. The molecular weight excluding hydrogens is 346 g/mol. The molecule has 0 spiro atoms. The van der Waals surface area contributed by atoms with Crippen LogP contribution in [0.4, 0.5) is 0 Å². The number of thiophene rings is 1. The summed E-state index contributed by atoms with van der Waals surface area (Å²) < 4.78 is 27.4. The molecule has 0 atom stereocenters. The summed E-state index contributed by atoms with van der Waals surface area (Å²) in [6.07, 6.45) is 0.658. The van der Waals surface area contributed by atoms with E-state index in [0.717, 1.165) is 3.79 Å². The van der Waals surface area contributed by atoms with Gasteiger partial charge >= 0.3 is 0 Å². The first-order chi connectivity index (χ1) is 7.89. The highest BCUT2D eigenvalue weighted by atomic mass is 79.9. The van der Waals surface area contributed by atoms with Crippen LogP contribution in [0.25, 0.3) is 0 Å². The van der Waals surface area contributed by atoms with E-state index in [-0.39, 0.29) is 6.04 Å². The first-order valence-electron chi connectivity index (χ1n) is 5.22. The number of nitrogens with zero attached hydrogens (tertiary/aromatic N) is 1. The number of hydrogen-bond acceptors (Lipinski definition) is 3. The predicted octanol–water partition coefficient (Wildman–Crippen LogP) is 3.54. The maximum absolute atomic E-state index is 12.4. The summed E-state index contributed by atoms with van der Waals surface area (Å²) in [5, 5.41) is 0. The monoisotopic (exact) mass is 359 g/mol. The van der Waals surface area contributed by atoms with Crippen molar-refractivity contribution in [1.82, 2.24) is 4.31 Å². The lowest BCUT2D eigenvalue weighted by Gasteiger charge is -2.24. The molecule has 1 aromatic heterocycles. The zero-order valence-electron chi connectivity index (χ0n) is 9.69. The van der Waals surface area contributed by atoms with Crippen molar-refractivity contribution in [3.63, 3.8) is 0 Å². The Morgan fingerprint density at radius 2 is 2.12 bits per heavy atom. The average Bonchev–Trinajstić information content (AvgIpc) is 2.65. The van der Waals surface area contributed by atoms with Gasteiger partial charge in [-0.3, -0.25) is 0 Å². The van der Waals surface area contributed by atoms with E-state index in [0.29, 0.717) is 23.1 Å². The highest BCUT2D eigenvalue weighted by molar-refractivity contribution is 9.11. The van der Waals surface area contributed by atoms with Gasteiger partial charge in [0.2, 0.25) is 0 Å². The fourth-order valence-corrected chi connectivity index (χ4v) is 5.36. The molecule has 0 unspecified atom stereocenters. The van der Waals surface area contributed by atoms with Gasteiger partial charge in [0, 0.05) is 18.5 Å². The molecular formula is C10H15BrClNO2S2. The molecule has 0 amide bonds. The SMILES string of the molecule is CC(C)N(CCCCl)S(=O)(=O)c1ccc(Br)s1. The second kappa shape index (κ2) is 6.52. The van der Waals surface area contributed by atoms with Crippen molar-refractivity contribution in [3.8, 4) is 0 Å². The molecule has 0 saturated carbocycles. The van der Waals surface area contributed by atoms with Crippen molar-refractivity contribution in [2.45, 2.75) is 30.5 Å². The molecule has 1 rings (SSSR count). The van der Waals surface area contributed by atoms with E-state index >= 15 is 0 Å². The summed E-state index contributed by atoms with van der Waals surface area (Å²) in [5.41, 5.74) is 0. The standard InChI is InChI=1S/C10H15BrClNO2S2/c1-8(2)13(7-3-6-12)17(14,15)10-5-4-9(11)16-10/h4-5,8H,3,6-7H2,1-2H3. The number of alkyl halides is 1. The minimum Gasteiger partial charge on any atom is -0.206 e. The molecule has 7 heteroatoms. The van der Waals surface area contributed by atoms with Crippen LogP contribution in [0.3, 0.4) is 0 Å². The lowest BCUT2D eigenvalue weighted by Crippen LogP contribution is -2.37. The lowest BCUT2D eigenvalue weighted by atomic mass is 10.4. The average molecular weight is 361 g/mol. The molecule has 0 radical (unpaired) electrons. The summed E-state index contributed by atoms with van der Waals surface area (Å²) in [6, 6.07) is 3.31. The van der Waals surface area contributed by atoms with Crippen molar-refractivity contribution < 1.29 is 8.42 Å². The topological polar surface area (TPSA) is 37.4 Å². The predicted molar refractivity (Wildman–Crippen MR) is 76.4 cm³/mol. The third kappa shape index (κ3) is 3.92. The normalized spacial score (nSPS) is 12.6. The van der Waals surface area contributed by atoms with Crippen molar-refractivity contribution in [1.29, 1.82) is 0 Å². The Bertz CT molecular complexity index is 459. The molecule has 1 aromatic rings. The number of hydrogen-bond donors (Lipinski definition) is 0. The zero-order chi connectivity index (χ0) is 13.1. The summed E-state index contributed by atoms with van der Waals surface area (Å²) in [4.78, 5) is 0. The van der Waals surface area contributed by atoms with Crippen LogP contribution < -0.4 is 0 Å². The third-order valence-electron chi connectivity index (χ3n) is 2.20. The van der Waals surface area contributed by atoms with E-state index in [9.17, 15) is 8.42 Å². The molecule has 0 aliphatic heterocycles. The van der Waals surface area contributed by atoms with Crippen LogP contribution >= 0.6 is 38.9 Å². The maximum atomic E-state index is 12.4. The van der Waals surface area contributed by atoms with Gasteiger partial charge in [-0.2, -0.15) is 4.31 Å². The quantitative estimate of drug-likeness (QED) is 0.728. The van der Waals surface area contributed by atoms with Crippen molar-refractivity contribution in [2.24, 2.45) is 0 Å². The Kier molecular flexibility index (Phi) is 5.92. The number of halogens is 2. The van der Waals surface area contributed by atoms with E-state index in [4.69, 9.17) is 11.6 Å². The van der Waals surface area contributed by atoms with Crippen LogP contribution in [0.15, 0.2) is 20.1 Å². The highest BCUT2D eigenvalue weighted by Gasteiger charge is 2.27. The fraction of sp³-hybridized carbons (Fsp3) is 0.600. The van der Waals surface area contributed by atoms with Crippen LogP contribution in [0.1, 0.15) is 20.3 Å². The summed E-state index contributed by atoms with van der Waals surface area (Å²) >= 11 is 10.1. The van der Waals surface area contributed by atoms with Gasteiger partial charge < -0.3 is 0 Å². The van der Waals surface area contributed by atoms with Gasteiger partial charge in [-0.1, -0.05) is 0 Å². The first-order valence-corrected chi connectivity index (χ1v) is 8.81. The Labute approximate surface area is 120 Å². The van der Waals surface area contributed by atoms with Crippen molar-refractivity contribution in [2.75, 3.05) is 12.4 Å².